The summed E-state index contributed by atoms with van der Waals surface area (Å²) in [6.07, 6.45) is 0. The SMILES string of the molecule is NCc1cc(CO)ccc1N1CCN(C(=O)N2CCN(c3ccc(CO)cc3CN)CC2)CC1. The van der Waals surface area contributed by atoms with Gasteiger partial charge in [0.05, 0.1) is 13.2 Å². The number of amides is 2. The first-order chi connectivity index (χ1) is 16.6. The van der Waals surface area contributed by atoms with Gasteiger partial charge >= 0.3 is 6.03 Å². The van der Waals surface area contributed by atoms with Crippen molar-refractivity contribution in [1.82, 2.24) is 9.80 Å². The Labute approximate surface area is 201 Å². The third-order valence-electron chi connectivity index (χ3n) is 6.87. The van der Waals surface area contributed by atoms with Crippen LogP contribution in [0.25, 0.3) is 0 Å². The molecule has 4 rings (SSSR count). The molecule has 184 valence electrons. The fourth-order valence-corrected chi connectivity index (χ4v) is 4.90. The molecule has 2 saturated heterocycles. The maximum Gasteiger partial charge on any atom is 0.320 e. The molecule has 2 aromatic rings. The van der Waals surface area contributed by atoms with Gasteiger partial charge in [0.15, 0.2) is 0 Å². The van der Waals surface area contributed by atoms with Crippen molar-refractivity contribution in [2.45, 2.75) is 26.3 Å². The van der Waals surface area contributed by atoms with Gasteiger partial charge in [0.2, 0.25) is 0 Å². The number of urea groups is 1. The van der Waals surface area contributed by atoms with E-state index >= 15 is 0 Å². The van der Waals surface area contributed by atoms with Gasteiger partial charge in [-0.3, -0.25) is 0 Å². The van der Waals surface area contributed by atoms with Crippen LogP contribution in [0.15, 0.2) is 36.4 Å². The zero-order chi connectivity index (χ0) is 24.1. The highest BCUT2D eigenvalue weighted by atomic mass is 16.3. The molecular weight excluding hydrogens is 432 g/mol. The van der Waals surface area contributed by atoms with E-state index in [1.54, 1.807) is 0 Å². The molecule has 0 aromatic heterocycles. The second kappa shape index (κ2) is 11.1. The predicted molar refractivity (Wildman–Crippen MR) is 133 cm³/mol. The molecule has 0 radical (unpaired) electrons. The molecule has 9 heteroatoms. The highest BCUT2D eigenvalue weighted by molar-refractivity contribution is 5.75. The van der Waals surface area contributed by atoms with Crippen molar-refractivity contribution in [2.24, 2.45) is 11.5 Å². The molecule has 0 spiro atoms. The minimum absolute atomic E-state index is 0.00429. The number of carbonyl (C=O) groups excluding carboxylic acids is 1. The van der Waals surface area contributed by atoms with Gasteiger partial charge in [0.25, 0.3) is 0 Å². The number of hydrogen-bond acceptors (Lipinski definition) is 7. The third-order valence-corrected chi connectivity index (χ3v) is 6.87. The molecular formula is C25H36N6O3. The Morgan fingerprint density at radius 1 is 0.676 bits per heavy atom. The van der Waals surface area contributed by atoms with Crippen molar-refractivity contribution in [3.05, 3.63) is 58.7 Å². The fourth-order valence-electron chi connectivity index (χ4n) is 4.90. The molecule has 2 aromatic carbocycles. The Hall–Kier alpha value is -2.85. The average molecular weight is 469 g/mol. The number of piperazine rings is 2. The summed E-state index contributed by atoms with van der Waals surface area (Å²) >= 11 is 0. The molecule has 0 aliphatic carbocycles. The van der Waals surface area contributed by atoms with Crippen LogP contribution in [0.4, 0.5) is 16.2 Å². The van der Waals surface area contributed by atoms with Crippen LogP contribution in [0.2, 0.25) is 0 Å². The molecule has 2 aliphatic rings. The van der Waals surface area contributed by atoms with Crippen LogP contribution in [0.5, 0.6) is 0 Å². The molecule has 2 heterocycles. The van der Waals surface area contributed by atoms with Crippen molar-refractivity contribution < 1.29 is 15.0 Å². The minimum atomic E-state index is 0.00429. The fraction of sp³-hybridized carbons (Fsp3) is 0.480. The Bertz CT molecular complexity index is 907. The average Bonchev–Trinajstić information content (AvgIpc) is 2.92. The molecule has 2 amide bonds. The molecule has 9 nitrogen and oxygen atoms in total. The number of nitrogens with two attached hydrogens (primary N) is 2. The molecule has 34 heavy (non-hydrogen) atoms. The number of rotatable bonds is 6. The number of aliphatic hydroxyl groups excluding tert-OH is 2. The lowest BCUT2D eigenvalue weighted by Gasteiger charge is -2.42. The van der Waals surface area contributed by atoms with E-state index in [4.69, 9.17) is 11.5 Å². The number of aliphatic hydroxyl groups is 2. The highest BCUT2D eigenvalue weighted by Crippen LogP contribution is 2.25. The van der Waals surface area contributed by atoms with Gasteiger partial charge in [0.1, 0.15) is 0 Å². The molecule has 2 fully saturated rings. The summed E-state index contributed by atoms with van der Waals surface area (Å²) in [6.45, 7) is 6.56. The summed E-state index contributed by atoms with van der Waals surface area (Å²) in [7, 11) is 0. The van der Waals surface area contributed by atoms with E-state index < -0.39 is 0 Å². The topological polar surface area (TPSA) is 123 Å². The number of benzene rings is 2. The zero-order valence-corrected chi connectivity index (χ0v) is 19.7. The Kier molecular flexibility index (Phi) is 7.89. The third kappa shape index (κ3) is 5.12. The normalized spacial score (nSPS) is 16.8. The molecule has 6 N–H and O–H groups in total. The van der Waals surface area contributed by atoms with Crippen molar-refractivity contribution in [3.63, 3.8) is 0 Å². The van der Waals surface area contributed by atoms with E-state index in [0.29, 0.717) is 39.3 Å². The lowest BCUT2D eigenvalue weighted by atomic mass is 10.1. The molecule has 0 unspecified atom stereocenters. The second-order valence-electron chi connectivity index (χ2n) is 8.88. The van der Waals surface area contributed by atoms with E-state index in [9.17, 15) is 15.0 Å². The zero-order valence-electron chi connectivity index (χ0n) is 19.7. The largest absolute Gasteiger partial charge is 0.392 e. The van der Waals surface area contributed by atoms with Crippen molar-refractivity contribution >= 4 is 17.4 Å². The monoisotopic (exact) mass is 468 g/mol. The van der Waals surface area contributed by atoms with Crippen LogP contribution in [0.1, 0.15) is 22.3 Å². The van der Waals surface area contributed by atoms with Crippen LogP contribution >= 0.6 is 0 Å². The van der Waals surface area contributed by atoms with Crippen LogP contribution < -0.4 is 21.3 Å². The van der Waals surface area contributed by atoms with Crippen molar-refractivity contribution in [3.8, 4) is 0 Å². The van der Waals surface area contributed by atoms with E-state index in [0.717, 1.165) is 59.8 Å². The first kappa shape index (κ1) is 24.3. The quantitative estimate of drug-likeness (QED) is 0.491. The first-order valence-corrected chi connectivity index (χ1v) is 12.0. The van der Waals surface area contributed by atoms with Crippen molar-refractivity contribution in [2.75, 3.05) is 62.2 Å². The summed E-state index contributed by atoms with van der Waals surface area (Å²) in [6, 6.07) is 11.9. The van der Waals surface area contributed by atoms with Gasteiger partial charge in [-0.15, -0.1) is 0 Å². The van der Waals surface area contributed by atoms with Crippen LogP contribution in [-0.2, 0) is 26.3 Å². The number of hydrogen-bond donors (Lipinski definition) is 4. The second-order valence-corrected chi connectivity index (χ2v) is 8.88. The van der Waals surface area contributed by atoms with E-state index in [2.05, 4.69) is 9.80 Å². The Balaban J connectivity index is 1.32. The number of anilines is 2. The summed E-state index contributed by atoms with van der Waals surface area (Å²) in [4.78, 5) is 21.6. The maximum atomic E-state index is 13.2. The van der Waals surface area contributed by atoms with Gasteiger partial charge in [0, 0.05) is 76.8 Å². The molecule has 2 aliphatic heterocycles. The summed E-state index contributed by atoms with van der Waals surface area (Å²) in [5.74, 6) is 0. The smallest absolute Gasteiger partial charge is 0.320 e. The van der Waals surface area contributed by atoms with Gasteiger partial charge in [-0.05, 0) is 34.4 Å². The van der Waals surface area contributed by atoms with Crippen LogP contribution in [0.3, 0.4) is 0 Å². The van der Waals surface area contributed by atoms with Gasteiger partial charge < -0.3 is 41.3 Å². The predicted octanol–water partition coefficient (Wildman–Crippen LogP) is 0.653. The highest BCUT2D eigenvalue weighted by Gasteiger charge is 2.29. The first-order valence-electron chi connectivity index (χ1n) is 12.0. The lowest BCUT2D eigenvalue weighted by molar-refractivity contribution is 0.147. The number of carbonyl (C=O) groups is 1. The van der Waals surface area contributed by atoms with Crippen LogP contribution in [-0.4, -0.2) is 78.4 Å². The lowest BCUT2D eigenvalue weighted by Crippen LogP contribution is -2.57. The van der Waals surface area contributed by atoms with Crippen LogP contribution in [0, 0.1) is 0 Å². The number of nitrogens with zero attached hydrogens (tertiary/aromatic N) is 4. The van der Waals surface area contributed by atoms with Gasteiger partial charge in [-0.2, -0.15) is 0 Å². The molecule has 0 bridgehead atoms. The summed E-state index contributed by atoms with van der Waals surface area (Å²) in [5, 5.41) is 18.8. The van der Waals surface area contributed by atoms with Crippen molar-refractivity contribution in [1.29, 1.82) is 0 Å². The van der Waals surface area contributed by atoms with Gasteiger partial charge in [-0.25, -0.2) is 4.79 Å². The molecule has 0 atom stereocenters. The van der Waals surface area contributed by atoms with E-state index in [-0.39, 0.29) is 19.2 Å². The minimum Gasteiger partial charge on any atom is -0.392 e. The summed E-state index contributed by atoms with van der Waals surface area (Å²) in [5.41, 5.74) is 17.8. The Morgan fingerprint density at radius 3 is 1.38 bits per heavy atom. The summed E-state index contributed by atoms with van der Waals surface area (Å²) < 4.78 is 0. The van der Waals surface area contributed by atoms with E-state index in [1.807, 2.05) is 46.2 Å². The Morgan fingerprint density at radius 2 is 1.06 bits per heavy atom. The van der Waals surface area contributed by atoms with E-state index in [1.165, 1.54) is 0 Å². The van der Waals surface area contributed by atoms with Gasteiger partial charge in [-0.1, -0.05) is 24.3 Å². The standard InChI is InChI=1S/C25H36N6O3/c26-15-21-13-19(17-32)1-3-23(21)28-5-9-30(10-6-28)25(34)31-11-7-29(8-12-31)24-4-2-20(18-33)14-22(24)16-27/h1-4,13-14,32-33H,5-12,15-18,26-27H2. The molecule has 0 saturated carbocycles. The maximum absolute atomic E-state index is 13.2.